The maximum absolute atomic E-state index is 11.4. The van der Waals surface area contributed by atoms with Gasteiger partial charge in [0.1, 0.15) is 4.60 Å². The van der Waals surface area contributed by atoms with Crippen LogP contribution < -0.4 is 10.6 Å². The molecule has 0 atom stereocenters. The number of carbonyl (C=O) groups excluding carboxylic acids is 1. The number of amides is 2. The lowest BCUT2D eigenvalue weighted by Crippen LogP contribution is -2.25. The summed E-state index contributed by atoms with van der Waals surface area (Å²) in [5.74, 6) is 1.73. The molecule has 0 saturated carbocycles. The third-order valence-electron chi connectivity index (χ3n) is 5.06. The molecular formula is C24H21BrN8O3. The van der Waals surface area contributed by atoms with Crippen LogP contribution in [0.5, 0.6) is 0 Å². The minimum Gasteiger partial charge on any atom is -0.463 e. The molecule has 0 saturated heterocycles. The van der Waals surface area contributed by atoms with Gasteiger partial charge in [-0.05, 0) is 54.0 Å². The Balaban J connectivity index is 0.000000152. The van der Waals surface area contributed by atoms with E-state index in [9.17, 15) is 4.79 Å². The van der Waals surface area contributed by atoms with Crippen LogP contribution in [0.3, 0.4) is 0 Å². The van der Waals surface area contributed by atoms with E-state index in [4.69, 9.17) is 8.83 Å². The van der Waals surface area contributed by atoms with Gasteiger partial charge in [0.2, 0.25) is 0 Å². The standard InChI is InChI=1S/C13H13N5O2.C11H8BrN3O/c1-8-6-18-7-10(17-13(19)14-2)16-11(12(18)15-8)9-4-3-5-20-9;1-7-5-15-6-9(12)14-10(11(15)13-7)8-3-2-4-16-8/h3-7H,1-2H3,(H2,14,17,19);2-6H,1H3. The molecule has 2 N–H and O–H groups in total. The van der Waals surface area contributed by atoms with Crippen LogP contribution in [0.15, 0.2) is 75.0 Å². The SMILES string of the molecule is CNC(=O)Nc1cn2cc(C)nc2c(-c2ccco2)n1.Cc1cn2cc(Br)nc(-c3ccco3)c2n1. The van der Waals surface area contributed by atoms with Crippen molar-refractivity contribution in [2.45, 2.75) is 13.8 Å². The van der Waals surface area contributed by atoms with Crippen LogP contribution in [0.2, 0.25) is 0 Å². The van der Waals surface area contributed by atoms with Gasteiger partial charge in [0, 0.05) is 25.6 Å². The van der Waals surface area contributed by atoms with Crippen molar-refractivity contribution < 1.29 is 13.6 Å². The lowest BCUT2D eigenvalue weighted by Gasteiger charge is -2.06. The van der Waals surface area contributed by atoms with Crippen LogP contribution >= 0.6 is 15.9 Å². The Labute approximate surface area is 213 Å². The molecule has 2 amide bonds. The molecule has 6 rings (SSSR count). The normalized spacial score (nSPS) is 10.9. The van der Waals surface area contributed by atoms with Crippen LogP contribution in [-0.4, -0.2) is 41.8 Å². The second-order valence-corrected chi connectivity index (χ2v) is 8.58. The maximum Gasteiger partial charge on any atom is 0.320 e. The van der Waals surface area contributed by atoms with Gasteiger partial charge in [0.15, 0.2) is 40.0 Å². The number of nitrogens with one attached hydrogen (secondary N) is 2. The highest BCUT2D eigenvalue weighted by Crippen LogP contribution is 2.25. The Morgan fingerprint density at radius 2 is 1.39 bits per heavy atom. The van der Waals surface area contributed by atoms with Crippen molar-refractivity contribution in [3.63, 3.8) is 0 Å². The average Bonchev–Trinajstić information content (AvgIpc) is 3.64. The topological polar surface area (TPSA) is 128 Å². The van der Waals surface area contributed by atoms with Crippen molar-refractivity contribution in [3.05, 3.63) is 77.6 Å². The number of anilines is 1. The van der Waals surface area contributed by atoms with E-state index in [1.807, 2.05) is 53.4 Å². The van der Waals surface area contributed by atoms with Gasteiger partial charge in [-0.1, -0.05) is 0 Å². The van der Waals surface area contributed by atoms with E-state index in [0.717, 1.165) is 33.1 Å². The number of aryl methyl sites for hydroxylation is 2. The van der Waals surface area contributed by atoms with Crippen LogP contribution in [0.4, 0.5) is 10.6 Å². The Kier molecular flexibility index (Phi) is 6.25. The zero-order valence-corrected chi connectivity index (χ0v) is 21.1. The van der Waals surface area contributed by atoms with E-state index in [-0.39, 0.29) is 6.03 Å². The van der Waals surface area contributed by atoms with Crippen molar-refractivity contribution in [2.75, 3.05) is 12.4 Å². The van der Waals surface area contributed by atoms with Crippen LogP contribution in [-0.2, 0) is 0 Å². The number of urea groups is 1. The lowest BCUT2D eigenvalue weighted by molar-refractivity contribution is 0.254. The van der Waals surface area contributed by atoms with Crippen molar-refractivity contribution >= 4 is 39.1 Å². The van der Waals surface area contributed by atoms with Gasteiger partial charge in [0.05, 0.1) is 30.1 Å². The van der Waals surface area contributed by atoms with E-state index < -0.39 is 0 Å². The Morgan fingerprint density at radius 3 is 1.92 bits per heavy atom. The molecule has 0 aliphatic heterocycles. The minimum atomic E-state index is -0.334. The van der Waals surface area contributed by atoms with E-state index >= 15 is 0 Å². The Hall–Kier alpha value is -4.45. The highest BCUT2D eigenvalue weighted by Gasteiger charge is 2.14. The summed E-state index contributed by atoms with van der Waals surface area (Å²) in [5, 5.41) is 5.13. The largest absolute Gasteiger partial charge is 0.463 e. The summed E-state index contributed by atoms with van der Waals surface area (Å²) in [7, 11) is 1.54. The first-order valence-corrected chi connectivity index (χ1v) is 11.7. The second-order valence-electron chi connectivity index (χ2n) is 7.77. The highest BCUT2D eigenvalue weighted by atomic mass is 79.9. The predicted molar refractivity (Wildman–Crippen MR) is 137 cm³/mol. The first kappa shape index (κ1) is 23.3. The summed E-state index contributed by atoms with van der Waals surface area (Å²) in [6, 6.07) is 6.96. The van der Waals surface area contributed by atoms with Crippen LogP contribution in [0, 0.1) is 13.8 Å². The lowest BCUT2D eigenvalue weighted by atomic mass is 10.3. The van der Waals surface area contributed by atoms with Gasteiger partial charge in [0.25, 0.3) is 0 Å². The number of furan rings is 2. The van der Waals surface area contributed by atoms with Gasteiger partial charge in [-0.2, -0.15) is 0 Å². The van der Waals surface area contributed by atoms with Gasteiger partial charge in [-0.3, -0.25) is 5.32 Å². The summed E-state index contributed by atoms with van der Waals surface area (Å²) < 4.78 is 15.2. The third-order valence-corrected chi connectivity index (χ3v) is 5.45. The van der Waals surface area contributed by atoms with Gasteiger partial charge in [-0.15, -0.1) is 0 Å². The molecule has 6 heterocycles. The first-order chi connectivity index (χ1) is 17.4. The predicted octanol–water partition coefficient (Wildman–Crippen LogP) is 5.11. The third kappa shape index (κ3) is 4.70. The summed E-state index contributed by atoms with van der Waals surface area (Å²) >= 11 is 3.38. The number of nitrogens with zero attached hydrogens (tertiary/aromatic N) is 6. The van der Waals surface area contributed by atoms with Crippen LogP contribution in [0.25, 0.3) is 34.2 Å². The number of aromatic nitrogens is 6. The van der Waals surface area contributed by atoms with E-state index in [0.29, 0.717) is 22.9 Å². The molecule has 0 spiro atoms. The minimum absolute atomic E-state index is 0.334. The number of fused-ring (bicyclic) bond motifs is 2. The molecule has 0 fully saturated rings. The summed E-state index contributed by atoms with van der Waals surface area (Å²) in [5.41, 5.74) is 4.62. The fraction of sp³-hybridized carbons (Fsp3) is 0.125. The monoisotopic (exact) mass is 548 g/mol. The molecular weight excluding hydrogens is 528 g/mol. The fourth-order valence-corrected chi connectivity index (χ4v) is 4.01. The number of carbonyl (C=O) groups is 1. The molecule has 0 unspecified atom stereocenters. The second kappa shape index (κ2) is 9.66. The molecule has 0 aliphatic rings. The number of rotatable bonds is 3. The molecule has 12 heteroatoms. The van der Waals surface area contributed by atoms with Crippen LogP contribution in [0.1, 0.15) is 11.4 Å². The zero-order valence-electron chi connectivity index (χ0n) is 19.6. The van der Waals surface area contributed by atoms with Crippen molar-refractivity contribution in [1.29, 1.82) is 0 Å². The smallest absolute Gasteiger partial charge is 0.320 e. The molecule has 0 bridgehead atoms. The van der Waals surface area contributed by atoms with Gasteiger partial charge < -0.3 is 23.0 Å². The zero-order chi connectivity index (χ0) is 25.2. The molecule has 11 nitrogen and oxygen atoms in total. The summed E-state index contributed by atoms with van der Waals surface area (Å²) in [6.45, 7) is 3.84. The molecule has 0 radical (unpaired) electrons. The van der Waals surface area contributed by atoms with E-state index in [1.54, 1.807) is 37.9 Å². The molecule has 182 valence electrons. The van der Waals surface area contributed by atoms with Gasteiger partial charge >= 0.3 is 6.03 Å². The highest BCUT2D eigenvalue weighted by molar-refractivity contribution is 9.10. The fourth-order valence-electron chi connectivity index (χ4n) is 3.61. The molecule has 36 heavy (non-hydrogen) atoms. The molecule has 6 aromatic heterocycles. The Bertz CT molecular complexity index is 1650. The van der Waals surface area contributed by atoms with Crippen molar-refractivity contribution in [3.8, 4) is 22.9 Å². The van der Waals surface area contributed by atoms with Crippen molar-refractivity contribution in [2.24, 2.45) is 0 Å². The first-order valence-electron chi connectivity index (χ1n) is 10.9. The number of hydrogen-bond acceptors (Lipinski definition) is 7. The quantitative estimate of drug-likeness (QED) is 0.314. The summed E-state index contributed by atoms with van der Waals surface area (Å²) in [4.78, 5) is 29.1. The number of imidazole rings is 2. The molecule has 0 aromatic carbocycles. The van der Waals surface area contributed by atoms with E-state index in [1.165, 1.54) is 0 Å². The summed E-state index contributed by atoms with van der Waals surface area (Å²) in [6.07, 6.45) is 10.6. The average molecular weight is 549 g/mol. The van der Waals surface area contributed by atoms with Crippen molar-refractivity contribution in [1.82, 2.24) is 34.1 Å². The van der Waals surface area contributed by atoms with E-state index in [2.05, 4.69) is 46.5 Å². The maximum atomic E-state index is 11.4. The number of halogens is 1. The molecule has 6 aromatic rings. The molecule has 0 aliphatic carbocycles. The van der Waals surface area contributed by atoms with Gasteiger partial charge in [-0.25, -0.2) is 24.7 Å². The number of hydrogen-bond donors (Lipinski definition) is 2. The Morgan fingerprint density at radius 1 is 0.833 bits per heavy atom.